The normalized spacial score (nSPS) is 18.9. The molecule has 162 valence electrons. The Hall–Kier alpha value is -3.12. The van der Waals surface area contributed by atoms with Gasteiger partial charge in [0, 0.05) is 28.7 Å². The average molecular weight is 491 g/mol. The van der Waals surface area contributed by atoms with Crippen molar-refractivity contribution >= 4 is 27.7 Å². The topological polar surface area (TPSA) is 58.6 Å². The molecule has 0 aromatic heterocycles. The van der Waals surface area contributed by atoms with Gasteiger partial charge in [0.15, 0.2) is 0 Å². The van der Waals surface area contributed by atoms with Crippen molar-refractivity contribution in [1.29, 1.82) is 0 Å². The molecule has 1 N–H and O–H groups in total. The van der Waals surface area contributed by atoms with Crippen molar-refractivity contribution in [3.63, 3.8) is 0 Å². The maximum atomic E-state index is 13.7. The Labute approximate surface area is 195 Å². The molecule has 0 unspecified atom stereocenters. The van der Waals surface area contributed by atoms with Crippen LogP contribution in [-0.4, -0.2) is 30.4 Å². The Morgan fingerprint density at radius 3 is 2.66 bits per heavy atom. The molecule has 0 spiro atoms. The number of fused-ring (bicyclic) bond motifs is 4. The molecule has 2 aliphatic heterocycles. The Balaban J connectivity index is 1.53. The minimum atomic E-state index is -0.483. The molecular weight excluding hydrogens is 468 g/mol. The van der Waals surface area contributed by atoms with Crippen molar-refractivity contribution in [2.45, 2.75) is 24.9 Å². The lowest BCUT2D eigenvalue weighted by Gasteiger charge is -2.45. The minimum absolute atomic E-state index is 0.00203. The summed E-state index contributed by atoms with van der Waals surface area (Å²) in [5.41, 5.74) is 4.54. The van der Waals surface area contributed by atoms with Crippen LogP contribution in [0.1, 0.15) is 44.6 Å². The Morgan fingerprint density at radius 2 is 1.84 bits per heavy atom. The number of halogens is 1. The first-order chi connectivity index (χ1) is 15.6. The smallest absolute Gasteiger partial charge is 0.254 e. The van der Waals surface area contributed by atoms with Crippen molar-refractivity contribution in [2.75, 3.05) is 13.7 Å². The molecule has 2 heterocycles. The van der Waals surface area contributed by atoms with E-state index in [1.54, 1.807) is 7.11 Å². The maximum Gasteiger partial charge on any atom is 0.254 e. The summed E-state index contributed by atoms with van der Waals surface area (Å²) in [7, 11) is 1.62. The van der Waals surface area contributed by atoms with Crippen LogP contribution in [0.15, 0.2) is 71.2 Å². The van der Waals surface area contributed by atoms with E-state index in [0.29, 0.717) is 18.7 Å². The summed E-state index contributed by atoms with van der Waals surface area (Å²) >= 11 is 3.49. The number of ether oxygens (including phenoxy) is 1. The van der Waals surface area contributed by atoms with E-state index in [-0.39, 0.29) is 17.9 Å². The number of methoxy groups -OCH3 is 1. The Morgan fingerprint density at radius 1 is 1.09 bits per heavy atom. The van der Waals surface area contributed by atoms with Crippen LogP contribution in [0.4, 0.5) is 0 Å². The fourth-order valence-corrected chi connectivity index (χ4v) is 5.34. The van der Waals surface area contributed by atoms with E-state index in [1.165, 1.54) is 5.56 Å². The van der Waals surface area contributed by atoms with Crippen LogP contribution in [0.5, 0.6) is 5.75 Å². The van der Waals surface area contributed by atoms with Gasteiger partial charge in [0.1, 0.15) is 5.75 Å². The second kappa shape index (κ2) is 8.43. The van der Waals surface area contributed by atoms with Crippen LogP contribution in [0.3, 0.4) is 0 Å². The molecule has 3 aromatic rings. The van der Waals surface area contributed by atoms with Gasteiger partial charge in [-0.05, 0) is 47.4 Å². The van der Waals surface area contributed by atoms with E-state index in [0.717, 1.165) is 33.3 Å². The molecule has 5 nitrogen and oxygen atoms in total. The molecule has 0 saturated carbocycles. The van der Waals surface area contributed by atoms with Gasteiger partial charge in [0.25, 0.3) is 5.91 Å². The summed E-state index contributed by atoms with van der Waals surface area (Å²) in [6.07, 6.45) is 0.796. The van der Waals surface area contributed by atoms with Crippen molar-refractivity contribution in [3.05, 3.63) is 99.0 Å². The second-order valence-corrected chi connectivity index (χ2v) is 9.05. The lowest BCUT2D eigenvalue weighted by atomic mass is 9.76. The summed E-state index contributed by atoms with van der Waals surface area (Å²) in [6.45, 7) is 0.945. The highest BCUT2D eigenvalue weighted by atomic mass is 79.9. The highest BCUT2D eigenvalue weighted by Gasteiger charge is 2.46. The van der Waals surface area contributed by atoms with Gasteiger partial charge in [-0.1, -0.05) is 58.4 Å². The molecular formula is C26H23BrN2O3. The van der Waals surface area contributed by atoms with Gasteiger partial charge in [0.05, 0.1) is 19.1 Å². The number of carbonyl (C=O) groups excluding carboxylic acids is 2. The number of nitrogens with one attached hydrogen (secondary N) is 1. The van der Waals surface area contributed by atoms with E-state index < -0.39 is 5.92 Å². The number of hydrogen-bond donors (Lipinski definition) is 1. The maximum absolute atomic E-state index is 13.7. The lowest BCUT2D eigenvalue weighted by molar-refractivity contribution is -0.124. The molecule has 32 heavy (non-hydrogen) atoms. The molecule has 3 aromatic carbocycles. The van der Waals surface area contributed by atoms with Crippen LogP contribution >= 0.6 is 15.9 Å². The Bertz CT molecular complexity index is 1210. The van der Waals surface area contributed by atoms with Gasteiger partial charge < -0.3 is 15.0 Å². The second-order valence-electron chi connectivity index (χ2n) is 8.13. The molecule has 0 radical (unpaired) electrons. The standard InChI is InChI=1S/C26H23BrN2O3/c1-32-22-11-10-18(27)14-17(22)15-28-25(30)23-20-8-4-5-9-21(20)26(31)29-13-12-16-6-2-3-7-19(16)24(23)29/h2-11,14,23-24H,12-13,15H2,1H3,(H,28,30)/t23-,24+/m0/s1. The quantitative estimate of drug-likeness (QED) is 0.580. The van der Waals surface area contributed by atoms with Crippen LogP contribution in [0.25, 0.3) is 0 Å². The number of hydrogen-bond acceptors (Lipinski definition) is 3. The van der Waals surface area contributed by atoms with Gasteiger partial charge in [-0.25, -0.2) is 0 Å². The molecule has 2 aliphatic rings. The summed E-state index contributed by atoms with van der Waals surface area (Å²) in [4.78, 5) is 28.9. The van der Waals surface area contributed by atoms with E-state index in [2.05, 4.69) is 27.3 Å². The SMILES string of the molecule is COc1ccc(Br)cc1CNC(=O)[C@H]1c2ccccc2C(=O)N2CCc3ccccc3[C@H]12. The molecule has 2 atom stereocenters. The summed E-state index contributed by atoms with van der Waals surface area (Å²) in [6, 6.07) is 21.0. The fraction of sp³-hybridized carbons (Fsp3) is 0.231. The predicted molar refractivity (Wildman–Crippen MR) is 126 cm³/mol. The van der Waals surface area contributed by atoms with Crippen molar-refractivity contribution in [1.82, 2.24) is 10.2 Å². The van der Waals surface area contributed by atoms with E-state index in [4.69, 9.17) is 4.74 Å². The summed E-state index contributed by atoms with van der Waals surface area (Å²) in [5.74, 6) is 0.136. The van der Waals surface area contributed by atoms with Crippen LogP contribution in [0, 0.1) is 0 Å². The molecule has 0 aliphatic carbocycles. The number of rotatable bonds is 4. The first-order valence-electron chi connectivity index (χ1n) is 10.7. The average Bonchev–Trinajstić information content (AvgIpc) is 2.83. The Kier molecular flexibility index (Phi) is 5.47. The largest absolute Gasteiger partial charge is 0.496 e. The van der Waals surface area contributed by atoms with E-state index >= 15 is 0 Å². The third-order valence-corrected chi connectivity index (χ3v) is 6.91. The minimum Gasteiger partial charge on any atom is -0.496 e. The predicted octanol–water partition coefficient (Wildman–Crippen LogP) is 4.61. The number of nitrogens with zero attached hydrogens (tertiary/aromatic N) is 1. The van der Waals surface area contributed by atoms with Gasteiger partial charge in [-0.3, -0.25) is 9.59 Å². The third kappa shape index (κ3) is 3.48. The fourth-order valence-electron chi connectivity index (χ4n) is 4.94. The zero-order valence-corrected chi connectivity index (χ0v) is 19.3. The highest BCUT2D eigenvalue weighted by molar-refractivity contribution is 9.10. The number of carbonyl (C=O) groups is 2. The molecule has 0 saturated heterocycles. The molecule has 2 amide bonds. The van der Waals surface area contributed by atoms with Gasteiger partial charge in [-0.2, -0.15) is 0 Å². The van der Waals surface area contributed by atoms with Crippen LogP contribution in [0.2, 0.25) is 0 Å². The van der Waals surface area contributed by atoms with Crippen molar-refractivity contribution < 1.29 is 14.3 Å². The van der Waals surface area contributed by atoms with Crippen molar-refractivity contribution in [2.24, 2.45) is 0 Å². The van der Waals surface area contributed by atoms with Crippen LogP contribution < -0.4 is 10.1 Å². The van der Waals surface area contributed by atoms with Gasteiger partial charge in [-0.15, -0.1) is 0 Å². The molecule has 5 rings (SSSR count). The first-order valence-corrected chi connectivity index (χ1v) is 11.5. The molecule has 0 fully saturated rings. The summed E-state index contributed by atoms with van der Waals surface area (Å²) < 4.78 is 6.38. The summed E-state index contributed by atoms with van der Waals surface area (Å²) in [5, 5.41) is 3.11. The zero-order chi connectivity index (χ0) is 22.2. The zero-order valence-electron chi connectivity index (χ0n) is 17.7. The molecule has 6 heteroatoms. The van der Waals surface area contributed by atoms with E-state index in [9.17, 15) is 9.59 Å². The van der Waals surface area contributed by atoms with Gasteiger partial charge in [0.2, 0.25) is 5.91 Å². The first kappa shape index (κ1) is 20.8. The lowest BCUT2D eigenvalue weighted by Crippen LogP contribution is -2.50. The van der Waals surface area contributed by atoms with E-state index in [1.807, 2.05) is 65.6 Å². The third-order valence-electron chi connectivity index (χ3n) is 6.41. The number of amides is 2. The molecule has 0 bridgehead atoms. The van der Waals surface area contributed by atoms with Gasteiger partial charge >= 0.3 is 0 Å². The van der Waals surface area contributed by atoms with Crippen LogP contribution in [-0.2, 0) is 17.8 Å². The number of benzene rings is 3. The van der Waals surface area contributed by atoms with Crippen molar-refractivity contribution in [3.8, 4) is 5.75 Å². The monoisotopic (exact) mass is 490 g/mol. The highest BCUT2D eigenvalue weighted by Crippen LogP contribution is 2.45.